The van der Waals surface area contributed by atoms with Gasteiger partial charge in [-0.05, 0) is 37.5 Å². The number of fused-ring (bicyclic) bond motifs is 1. The zero-order chi connectivity index (χ0) is 21.1. The van der Waals surface area contributed by atoms with Crippen LogP contribution >= 0.6 is 0 Å². The summed E-state index contributed by atoms with van der Waals surface area (Å²) in [7, 11) is 1.53. The Bertz CT molecular complexity index is 975. The van der Waals surface area contributed by atoms with Gasteiger partial charge in [0.15, 0.2) is 11.5 Å². The predicted octanol–water partition coefficient (Wildman–Crippen LogP) is 2.74. The summed E-state index contributed by atoms with van der Waals surface area (Å²) < 4.78 is 16.5. The number of nitrogens with zero attached hydrogens (tertiary/aromatic N) is 2. The third kappa shape index (κ3) is 3.80. The largest absolute Gasteiger partial charge is 0.493 e. The highest BCUT2D eigenvalue weighted by molar-refractivity contribution is 6.07. The molecule has 8 nitrogen and oxygen atoms in total. The number of hydrazone groups is 1. The van der Waals surface area contributed by atoms with Crippen molar-refractivity contribution in [3.63, 3.8) is 0 Å². The lowest BCUT2D eigenvalue weighted by Gasteiger charge is -2.21. The number of hydrogen-bond donors (Lipinski definition) is 1. The molecule has 2 aromatic carbocycles. The van der Waals surface area contributed by atoms with Gasteiger partial charge in [-0.3, -0.25) is 4.79 Å². The molecule has 0 unspecified atom stereocenters. The van der Waals surface area contributed by atoms with Gasteiger partial charge in [0.25, 0.3) is 5.91 Å². The summed E-state index contributed by atoms with van der Waals surface area (Å²) >= 11 is 0. The number of carbonyl (C=O) groups excluding carboxylic acids is 2. The van der Waals surface area contributed by atoms with Crippen molar-refractivity contribution in [3.8, 4) is 17.2 Å². The minimum atomic E-state index is -1.01. The van der Waals surface area contributed by atoms with Crippen LogP contribution in [-0.4, -0.2) is 49.0 Å². The maximum absolute atomic E-state index is 12.9. The van der Waals surface area contributed by atoms with Crippen LogP contribution < -0.4 is 19.5 Å². The number of nitrogens with one attached hydrogen (secondary N) is 1. The SMILES string of the molecule is COc1cc(/C=N\N2C(=O)N[C@@](C)(CCc3ccccc3)C2=O)cc2c1OCCO2. The third-order valence-corrected chi connectivity index (χ3v) is 5.17. The third-order valence-electron chi connectivity index (χ3n) is 5.17. The molecular weight excluding hydrogens is 386 g/mol. The number of aryl methyl sites for hydroxylation is 1. The summed E-state index contributed by atoms with van der Waals surface area (Å²) in [6.45, 7) is 2.60. The molecule has 2 aromatic rings. The Morgan fingerprint density at radius 2 is 1.97 bits per heavy atom. The van der Waals surface area contributed by atoms with Gasteiger partial charge in [0.05, 0.1) is 13.3 Å². The van der Waals surface area contributed by atoms with E-state index in [0.29, 0.717) is 48.9 Å². The van der Waals surface area contributed by atoms with Crippen molar-refractivity contribution in [3.05, 3.63) is 53.6 Å². The van der Waals surface area contributed by atoms with Gasteiger partial charge in [0.1, 0.15) is 18.8 Å². The Hall–Kier alpha value is -3.55. The molecule has 30 heavy (non-hydrogen) atoms. The Morgan fingerprint density at radius 1 is 1.20 bits per heavy atom. The van der Waals surface area contributed by atoms with Crippen LogP contribution in [0.5, 0.6) is 17.2 Å². The summed E-state index contributed by atoms with van der Waals surface area (Å²) in [5, 5.41) is 7.76. The lowest BCUT2D eigenvalue weighted by atomic mass is 9.93. The molecule has 156 valence electrons. The van der Waals surface area contributed by atoms with Crippen LogP contribution in [0.1, 0.15) is 24.5 Å². The smallest absolute Gasteiger partial charge is 0.346 e. The molecule has 1 saturated heterocycles. The first-order chi connectivity index (χ1) is 14.5. The number of amides is 3. The van der Waals surface area contributed by atoms with Gasteiger partial charge in [-0.25, -0.2) is 4.79 Å². The molecule has 2 aliphatic heterocycles. The molecular formula is C22H23N3O5. The number of urea groups is 1. The molecule has 0 aromatic heterocycles. The second kappa shape index (κ2) is 8.06. The molecule has 8 heteroatoms. The van der Waals surface area contributed by atoms with Crippen LogP contribution in [0.4, 0.5) is 4.79 Å². The van der Waals surface area contributed by atoms with Gasteiger partial charge >= 0.3 is 6.03 Å². The van der Waals surface area contributed by atoms with E-state index in [1.807, 2.05) is 30.3 Å². The zero-order valence-electron chi connectivity index (χ0n) is 16.9. The van der Waals surface area contributed by atoms with Crippen molar-refractivity contribution in [2.75, 3.05) is 20.3 Å². The predicted molar refractivity (Wildman–Crippen MR) is 110 cm³/mol. The van der Waals surface area contributed by atoms with E-state index in [1.165, 1.54) is 13.3 Å². The lowest BCUT2D eigenvalue weighted by molar-refractivity contribution is -0.130. The quantitative estimate of drug-likeness (QED) is 0.585. The maximum atomic E-state index is 12.9. The lowest BCUT2D eigenvalue weighted by Crippen LogP contribution is -2.44. The van der Waals surface area contributed by atoms with Crippen molar-refractivity contribution in [2.24, 2.45) is 5.10 Å². The molecule has 1 N–H and O–H groups in total. The summed E-state index contributed by atoms with van der Waals surface area (Å²) in [4.78, 5) is 25.3. The van der Waals surface area contributed by atoms with E-state index in [-0.39, 0.29) is 5.91 Å². The van der Waals surface area contributed by atoms with Crippen LogP contribution in [0.2, 0.25) is 0 Å². The molecule has 0 radical (unpaired) electrons. The number of benzene rings is 2. The molecule has 0 aliphatic carbocycles. The highest BCUT2D eigenvalue weighted by Gasteiger charge is 2.47. The number of ether oxygens (including phenoxy) is 3. The number of rotatable bonds is 6. The minimum absolute atomic E-state index is 0.385. The fourth-order valence-corrected chi connectivity index (χ4v) is 3.47. The molecule has 0 bridgehead atoms. The van der Waals surface area contributed by atoms with Crippen LogP contribution in [0.25, 0.3) is 0 Å². The summed E-state index contributed by atoms with van der Waals surface area (Å²) in [6, 6.07) is 12.7. The molecule has 2 heterocycles. The van der Waals surface area contributed by atoms with Crippen molar-refractivity contribution >= 4 is 18.2 Å². The first-order valence-electron chi connectivity index (χ1n) is 9.72. The summed E-state index contributed by atoms with van der Waals surface area (Å²) in [5.41, 5.74) is 0.718. The monoisotopic (exact) mass is 409 g/mol. The standard InChI is InChI=1S/C22H23N3O5/c1-22(9-8-15-6-4-3-5-7-15)20(26)25(21(27)24-22)23-14-16-12-17(28-2)19-18(13-16)29-10-11-30-19/h3-7,12-14H,8-11H2,1-2H3,(H,24,27)/b23-14-/t22-/m0/s1. The van der Waals surface area contributed by atoms with E-state index in [9.17, 15) is 9.59 Å². The highest BCUT2D eigenvalue weighted by atomic mass is 16.6. The van der Waals surface area contributed by atoms with Gasteiger partial charge in [-0.2, -0.15) is 5.10 Å². The fourth-order valence-electron chi connectivity index (χ4n) is 3.47. The van der Waals surface area contributed by atoms with E-state index in [4.69, 9.17) is 14.2 Å². The highest BCUT2D eigenvalue weighted by Crippen LogP contribution is 2.40. The summed E-state index contributed by atoms with van der Waals surface area (Å²) in [5.74, 6) is 1.18. The van der Waals surface area contributed by atoms with Gasteiger partial charge in [0.2, 0.25) is 5.75 Å². The van der Waals surface area contributed by atoms with Crippen molar-refractivity contribution in [2.45, 2.75) is 25.3 Å². The Kier molecular flexibility index (Phi) is 5.31. The summed E-state index contributed by atoms with van der Waals surface area (Å²) in [6.07, 6.45) is 2.58. The Morgan fingerprint density at radius 3 is 2.73 bits per heavy atom. The van der Waals surface area contributed by atoms with Gasteiger partial charge in [0, 0.05) is 5.56 Å². The van der Waals surface area contributed by atoms with Gasteiger partial charge in [-0.1, -0.05) is 30.3 Å². The van der Waals surface area contributed by atoms with E-state index in [1.54, 1.807) is 19.1 Å². The minimum Gasteiger partial charge on any atom is -0.493 e. The molecule has 1 atom stereocenters. The molecule has 3 amide bonds. The molecule has 0 spiro atoms. The fraction of sp³-hybridized carbons (Fsp3) is 0.318. The van der Waals surface area contributed by atoms with Gasteiger partial charge < -0.3 is 19.5 Å². The second-order valence-corrected chi connectivity index (χ2v) is 7.36. The first-order valence-corrected chi connectivity index (χ1v) is 9.72. The Labute approximate surface area is 174 Å². The van der Waals surface area contributed by atoms with E-state index in [0.717, 1.165) is 10.6 Å². The van der Waals surface area contributed by atoms with E-state index < -0.39 is 11.6 Å². The van der Waals surface area contributed by atoms with E-state index >= 15 is 0 Å². The zero-order valence-corrected chi connectivity index (χ0v) is 16.9. The number of carbonyl (C=O) groups is 2. The number of methoxy groups -OCH3 is 1. The van der Waals surface area contributed by atoms with Crippen molar-refractivity contribution < 1.29 is 23.8 Å². The van der Waals surface area contributed by atoms with Crippen LogP contribution in [0.15, 0.2) is 47.6 Å². The molecule has 1 fully saturated rings. The normalized spacial score (nSPS) is 20.5. The van der Waals surface area contributed by atoms with Crippen molar-refractivity contribution in [1.82, 2.24) is 10.3 Å². The van der Waals surface area contributed by atoms with Crippen LogP contribution in [0, 0.1) is 0 Å². The Balaban J connectivity index is 1.50. The average Bonchev–Trinajstić information content (AvgIpc) is 2.99. The van der Waals surface area contributed by atoms with Crippen LogP contribution in [0.3, 0.4) is 0 Å². The first kappa shape index (κ1) is 19.8. The van der Waals surface area contributed by atoms with Crippen molar-refractivity contribution in [1.29, 1.82) is 0 Å². The molecule has 2 aliphatic rings. The number of imide groups is 1. The topological polar surface area (TPSA) is 89.5 Å². The molecule has 0 saturated carbocycles. The second-order valence-electron chi connectivity index (χ2n) is 7.36. The van der Waals surface area contributed by atoms with Gasteiger partial charge in [-0.15, -0.1) is 5.01 Å². The maximum Gasteiger partial charge on any atom is 0.346 e. The van der Waals surface area contributed by atoms with Crippen LogP contribution in [-0.2, 0) is 11.2 Å². The van der Waals surface area contributed by atoms with E-state index in [2.05, 4.69) is 10.4 Å². The average molecular weight is 409 g/mol. The number of hydrogen-bond acceptors (Lipinski definition) is 6. The molecule has 4 rings (SSSR count).